The lowest BCUT2D eigenvalue weighted by molar-refractivity contribution is -0.119. The number of anilines is 1. The Balaban J connectivity index is 2.50. The summed E-state index contributed by atoms with van der Waals surface area (Å²) in [6.45, 7) is 4.26. The van der Waals surface area contributed by atoms with E-state index in [1.54, 1.807) is 0 Å². The Hall–Kier alpha value is -1.71. The smallest absolute Gasteiger partial charge is 0.255 e. The van der Waals surface area contributed by atoms with Gasteiger partial charge in [-0.15, -0.1) is 0 Å². The number of carbonyl (C=O) groups excluding carboxylic acids is 1. The number of nitrogens with two attached hydrogens (primary N) is 1. The zero-order valence-electron chi connectivity index (χ0n) is 11.1. The van der Waals surface area contributed by atoms with Gasteiger partial charge in [0.25, 0.3) is 5.91 Å². The summed E-state index contributed by atoms with van der Waals surface area (Å²) in [5.41, 5.74) is 6.03. The van der Waals surface area contributed by atoms with E-state index in [0.29, 0.717) is 11.8 Å². The molecule has 0 aromatic heterocycles. The Morgan fingerprint density at radius 3 is 2.94 bits per heavy atom. The van der Waals surface area contributed by atoms with Crippen LogP contribution in [0.15, 0.2) is 24.3 Å². The van der Waals surface area contributed by atoms with Crippen molar-refractivity contribution in [2.24, 2.45) is 5.73 Å². The molecule has 0 aliphatic heterocycles. The van der Waals surface area contributed by atoms with Crippen molar-refractivity contribution in [1.82, 2.24) is 0 Å². The number of carbonyl (C=O) groups is 1. The summed E-state index contributed by atoms with van der Waals surface area (Å²) in [5, 5.41) is 3.41. The Bertz CT molecular complexity index is 380. The first-order chi connectivity index (χ1) is 8.61. The molecule has 0 bridgehead atoms. The number of rotatable bonds is 8. The van der Waals surface area contributed by atoms with Gasteiger partial charge in [-0.2, -0.15) is 0 Å². The average Bonchev–Trinajstić information content (AvgIpc) is 2.34. The summed E-state index contributed by atoms with van der Waals surface area (Å²) in [7, 11) is 0. The molecule has 0 saturated heterocycles. The van der Waals surface area contributed by atoms with Crippen LogP contribution in [0.25, 0.3) is 0 Å². The van der Waals surface area contributed by atoms with Gasteiger partial charge in [0.05, 0.1) is 0 Å². The highest BCUT2D eigenvalue weighted by atomic mass is 16.5. The molecule has 1 amide bonds. The van der Waals surface area contributed by atoms with Crippen molar-refractivity contribution in [1.29, 1.82) is 0 Å². The summed E-state index contributed by atoms with van der Waals surface area (Å²) in [5.74, 6) is 0.186. The van der Waals surface area contributed by atoms with E-state index in [1.165, 1.54) is 12.8 Å². The summed E-state index contributed by atoms with van der Waals surface area (Å²) >= 11 is 0. The first kappa shape index (κ1) is 14.4. The van der Waals surface area contributed by atoms with Gasteiger partial charge in [-0.3, -0.25) is 4.79 Å². The molecule has 18 heavy (non-hydrogen) atoms. The number of hydrogen-bond acceptors (Lipinski definition) is 3. The Kier molecular flexibility index (Phi) is 6.05. The van der Waals surface area contributed by atoms with E-state index in [4.69, 9.17) is 10.5 Å². The van der Waals surface area contributed by atoms with Gasteiger partial charge in [-0.25, -0.2) is 0 Å². The van der Waals surface area contributed by atoms with E-state index in [2.05, 4.69) is 19.2 Å². The van der Waals surface area contributed by atoms with E-state index < -0.39 is 5.91 Å². The molecule has 1 aromatic rings. The number of benzene rings is 1. The van der Waals surface area contributed by atoms with Gasteiger partial charge in [0.1, 0.15) is 5.75 Å². The van der Waals surface area contributed by atoms with Crippen molar-refractivity contribution in [3.8, 4) is 5.75 Å². The van der Waals surface area contributed by atoms with Crippen molar-refractivity contribution in [2.75, 3.05) is 11.9 Å². The topological polar surface area (TPSA) is 64.3 Å². The molecule has 1 rings (SSSR count). The number of ether oxygens (including phenoxy) is 1. The molecule has 4 heteroatoms. The minimum absolute atomic E-state index is 0.0885. The molecule has 0 heterocycles. The van der Waals surface area contributed by atoms with Crippen LogP contribution in [0, 0.1) is 0 Å². The minimum Gasteiger partial charge on any atom is -0.484 e. The molecular weight excluding hydrogens is 228 g/mol. The van der Waals surface area contributed by atoms with Crippen molar-refractivity contribution >= 4 is 11.6 Å². The highest BCUT2D eigenvalue weighted by molar-refractivity contribution is 5.75. The molecular formula is C14H22N2O2. The number of primary amides is 1. The molecule has 0 aliphatic rings. The Morgan fingerprint density at radius 2 is 2.28 bits per heavy atom. The predicted molar refractivity (Wildman–Crippen MR) is 73.7 cm³/mol. The van der Waals surface area contributed by atoms with Crippen LogP contribution in [-0.4, -0.2) is 18.6 Å². The summed E-state index contributed by atoms with van der Waals surface area (Å²) in [6.07, 6.45) is 3.56. The van der Waals surface area contributed by atoms with Crippen LogP contribution in [0.5, 0.6) is 5.75 Å². The van der Waals surface area contributed by atoms with Gasteiger partial charge >= 0.3 is 0 Å². The zero-order valence-corrected chi connectivity index (χ0v) is 11.1. The second-order valence-electron chi connectivity index (χ2n) is 4.47. The van der Waals surface area contributed by atoms with Crippen LogP contribution >= 0.6 is 0 Å². The van der Waals surface area contributed by atoms with Gasteiger partial charge in [0, 0.05) is 17.8 Å². The summed E-state index contributed by atoms with van der Waals surface area (Å²) in [4.78, 5) is 10.6. The van der Waals surface area contributed by atoms with E-state index in [-0.39, 0.29) is 6.61 Å². The monoisotopic (exact) mass is 250 g/mol. The molecule has 0 saturated carbocycles. The van der Waals surface area contributed by atoms with Crippen LogP contribution in [0.1, 0.15) is 33.1 Å². The number of amides is 1. The molecule has 3 N–H and O–H groups in total. The number of unbranched alkanes of at least 4 members (excludes halogenated alkanes) is 1. The van der Waals surface area contributed by atoms with E-state index >= 15 is 0 Å². The molecule has 1 atom stereocenters. The lowest BCUT2D eigenvalue weighted by Crippen LogP contribution is -2.20. The number of nitrogens with one attached hydrogen (secondary N) is 1. The third-order valence-corrected chi connectivity index (χ3v) is 2.62. The second-order valence-corrected chi connectivity index (χ2v) is 4.47. The summed E-state index contributed by atoms with van der Waals surface area (Å²) in [6, 6.07) is 8.00. The van der Waals surface area contributed by atoms with E-state index in [9.17, 15) is 4.79 Å². The molecule has 0 aliphatic carbocycles. The average molecular weight is 250 g/mol. The Labute approximate surface area is 109 Å². The molecule has 0 fully saturated rings. The lowest BCUT2D eigenvalue weighted by atomic mass is 10.1. The molecule has 100 valence electrons. The van der Waals surface area contributed by atoms with Gasteiger partial charge in [0.15, 0.2) is 6.61 Å². The van der Waals surface area contributed by atoms with Crippen molar-refractivity contribution in [3.63, 3.8) is 0 Å². The standard InChI is InChI=1S/C14H22N2O2/c1-3-4-6-11(2)16-12-7-5-8-13(9-12)18-10-14(15)17/h5,7-9,11,16H,3-4,6,10H2,1-2H3,(H2,15,17). The first-order valence-electron chi connectivity index (χ1n) is 6.39. The van der Waals surface area contributed by atoms with Gasteiger partial charge in [-0.05, 0) is 25.5 Å². The van der Waals surface area contributed by atoms with Crippen LogP contribution in [-0.2, 0) is 4.79 Å². The molecule has 1 unspecified atom stereocenters. The fraction of sp³-hybridized carbons (Fsp3) is 0.500. The van der Waals surface area contributed by atoms with Crippen LogP contribution in [0.2, 0.25) is 0 Å². The molecule has 0 radical (unpaired) electrons. The maximum absolute atomic E-state index is 10.6. The second kappa shape index (κ2) is 7.58. The lowest BCUT2D eigenvalue weighted by Gasteiger charge is -2.15. The highest BCUT2D eigenvalue weighted by Crippen LogP contribution is 2.18. The third-order valence-electron chi connectivity index (χ3n) is 2.62. The maximum atomic E-state index is 10.6. The maximum Gasteiger partial charge on any atom is 0.255 e. The molecule has 4 nitrogen and oxygen atoms in total. The highest BCUT2D eigenvalue weighted by Gasteiger charge is 2.03. The fourth-order valence-electron chi connectivity index (χ4n) is 1.70. The first-order valence-corrected chi connectivity index (χ1v) is 6.39. The molecule has 0 spiro atoms. The van der Waals surface area contributed by atoms with Crippen molar-refractivity contribution < 1.29 is 9.53 Å². The molecule has 1 aromatic carbocycles. The van der Waals surface area contributed by atoms with Crippen LogP contribution in [0.3, 0.4) is 0 Å². The van der Waals surface area contributed by atoms with E-state index in [0.717, 1.165) is 12.1 Å². The quantitative estimate of drug-likeness (QED) is 0.745. The normalized spacial score (nSPS) is 11.9. The van der Waals surface area contributed by atoms with Gasteiger partial charge in [0.2, 0.25) is 0 Å². The van der Waals surface area contributed by atoms with Crippen molar-refractivity contribution in [2.45, 2.75) is 39.2 Å². The predicted octanol–water partition coefficient (Wildman–Crippen LogP) is 2.54. The van der Waals surface area contributed by atoms with E-state index in [1.807, 2.05) is 24.3 Å². The van der Waals surface area contributed by atoms with Gasteiger partial charge in [-0.1, -0.05) is 25.8 Å². The minimum atomic E-state index is -0.468. The third kappa shape index (κ3) is 5.57. The number of hydrogen-bond donors (Lipinski definition) is 2. The van der Waals surface area contributed by atoms with Gasteiger partial charge < -0.3 is 15.8 Å². The van der Waals surface area contributed by atoms with Crippen molar-refractivity contribution in [3.05, 3.63) is 24.3 Å². The van der Waals surface area contributed by atoms with Crippen LogP contribution < -0.4 is 15.8 Å². The fourth-order valence-corrected chi connectivity index (χ4v) is 1.70. The largest absolute Gasteiger partial charge is 0.484 e. The zero-order chi connectivity index (χ0) is 13.4. The summed E-state index contributed by atoms with van der Waals surface area (Å²) < 4.78 is 5.26. The SMILES string of the molecule is CCCCC(C)Nc1cccc(OCC(N)=O)c1. The van der Waals surface area contributed by atoms with Crippen LogP contribution in [0.4, 0.5) is 5.69 Å². The Morgan fingerprint density at radius 1 is 1.50 bits per heavy atom.